The molecule has 1 aromatic rings. The van der Waals surface area contributed by atoms with E-state index in [0.717, 1.165) is 43.6 Å². The van der Waals surface area contributed by atoms with E-state index >= 15 is 0 Å². The highest BCUT2D eigenvalue weighted by molar-refractivity contribution is 7.89. The normalized spacial score (nSPS) is 22.0. The standard InChI is InChI=1S/C17H25N3O4S2/c1-18-17(22)15-11-14(12-25-15)26(23,24)20-9-3-2-5-13(20)7-10-19-8-4-6-16(19)21/h11-13H,2-10H2,1H3,(H,18,22). The molecule has 0 spiro atoms. The second kappa shape index (κ2) is 8.06. The number of nitrogens with one attached hydrogen (secondary N) is 1. The molecule has 0 radical (unpaired) electrons. The second-order valence-corrected chi connectivity index (χ2v) is 9.57. The molecule has 1 aromatic heterocycles. The Labute approximate surface area is 158 Å². The largest absolute Gasteiger partial charge is 0.354 e. The average Bonchev–Trinajstić information content (AvgIpc) is 3.29. The zero-order chi connectivity index (χ0) is 18.7. The Hall–Kier alpha value is -1.45. The van der Waals surface area contributed by atoms with Crippen LogP contribution < -0.4 is 5.32 Å². The summed E-state index contributed by atoms with van der Waals surface area (Å²) < 4.78 is 27.8. The number of amides is 2. The monoisotopic (exact) mass is 399 g/mol. The molecule has 9 heteroatoms. The molecule has 3 rings (SSSR count). The van der Waals surface area contributed by atoms with Crippen LogP contribution in [0.3, 0.4) is 0 Å². The van der Waals surface area contributed by atoms with E-state index in [0.29, 0.717) is 30.8 Å². The molecule has 1 atom stereocenters. The van der Waals surface area contributed by atoms with Crippen molar-refractivity contribution in [3.63, 3.8) is 0 Å². The molecule has 3 heterocycles. The zero-order valence-corrected chi connectivity index (χ0v) is 16.6. The van der Waals surface area contributed by atoms with Crippen molar-refractivity contribution < 1.29 is 18.0 Å². The number of thiophene rings is 1. The highest BCUT2D eigenvalue weighted by Gasteiger charge is 2.35. The van der Waals surface area contributed by atoms with Gasteiger partial charge in [-0.2, -0.15) is 4.31 Å². The van der Waals surface area contributed by atoms with E-state index in [1.165, 1.54) is 18.5 Å². The Kier molecular flexibility index (Phi) is 5.99. The van der Waals surface area contributed by atoms with Gasteiger partial charge in [-0.3, -0.25) is 9.59 Å². The van der Waals surface area contributed by atoms with Crippen LogP contribution in [0, 0.1) is 0 Å². The van der Waals surface area contributed by atoms with Crippen molar-refractivity contribution in [1.82, 2.24) is 14.5 Å². The van der Waals surface area contributed by atoms with Gasteiger partial charge in [-0.25, -0.2) is 8.42 Å². The van der Waals surface area contributed by atoms with E-state index in [1.807, 2.05) is 4.90 Å². The summed E-state index contributed by atoms with van der Waals surface area (Å²) in [6, 6.07) is 1.36. The first-order valence-corrected chi connectivity index (χ1v) is 11.4. The van der Waals surface area contributed by atoms with Crippen LogP contribution >= 0.6 is 11.3 Å². The fourth-order valence-corrected chi connectivity index (χ4v) is 6.59. The summed E-state index contributed by atoms with van der Waals surface area (Å²) in [7, 11) is -2.11. The van der Waals surface area contributed by atoms with E-state index < -0.39 is 10.0 Å². The Bertz CT molecular complexity index is 775. The molecule has 0 aliphatic carbocycles. The van der Waals surface area contributed by atoms with Gasteiger partial charge in [0, 0.05) is 44.5 Å². The van der Waals surface area contributed by atoms with Crippen molar-refractivity contribution in [3.8, 4) is 0 Å². The third-order valence-electron chi connectivity index (χ3n) is 5.11. The third kappa shape index (κ3) is 3.94. The van der Waals surface area contributed by atoms with Crippen LogP contribution in [-0.4, -0.2) is 62.2 Å². The number of piperidine rings is 1. The molecule has 0 saturated carbocycles. The molecule has 144 valence electrons. The van der Waals surface area contributed by atoms with Crippen molar-refractivity contribution in [2.75, 3.05) is 26.7 Å². The Balaban J connectivity index is 1.74. The third-order valence-corrected chi connectivity index (χ3v) is 8.12. The lowest BCUT2D eigenvalue weighted by molar-refractivity contribution is -0.127. The Morgan fingerprint density at radius 2 is 2.12 bits per heavy atom. The van der Waals surface area contributed by atoms with Gasteiger partial charge >= 0.3 is 0 Å². The molecule has 2 saturated heterocycles. The van der Waals surface area contributed by atoms with Gasteiger partial charge in [-0.05, 0) is 31.7 Å². The number of likely N-dealkylation sites (tertiary alicyclic amines) is 1. The molecular weight excluding hydrogens is 374 g/mol. The molecule has 2 aliphatic heterocycles. The molecule has 7 nitrogen and oxygen atoms in total. The van der Waals surface area contributed by atoms with Crippen LogP contribution in [-0.2, 0) is 14.8 Å². The molecule has 0 aromatic carbocycles. The lowest BCUT2D eigenvalue weighted by Gasteiger charge is -2.35. The molecule has 2 amide bonds. The van der Waals surface area contributed by atoms with Crippen LogP contribution in [0.5, 0.6) is 0 Å². The summed E-state index contributed by atoms with van der Waals surface area (Å²) in [6.45, 7) is 1.88. The van der Waals surface area contributed by atoms with Crippen LogP contribution in [0.1, 0.15) is 48.2 Å². The van der Waals surface area contributed by atoms with Crippen LogP contribution in [0.2, 0.25) is 0 Å². The molecule has 1 N–H and O–H groups in total. The highest BCUT2D eigenvalue weighted by Crippen LogP contribution is 2.30. The number of nitrogens with zero attached hydrogens (tertiary/aromatic N) is 2. The summed E-state index contributed by atoms with van der Waals surface area (Å²) in [6.07, 6.45) is 4.81. The average molecular weight is 400 g/mol. The minimum Gasteiger partial charge on any atom is -0.354 e. The van der Waals surface area contributed by atoms with Crippen LogP contribution in [0.25, 0.3) is 0 Å². The van der Waals surface area contributed by atoms with Gasteiger partial charge in [0.15, 0.2) is 0 Å². The van der Waals surface area contributed by atoms with Gasteiger partial charge in [0.1, 0.15) is 0 Å². The first-order chi connectivity index (χ1) is 12.4. The van der Waals surface area contributed by atoms with Gasteiger partial charge < -0.3 is 10.2 Å². The maximum atomic E-state index is 13.1. The summed E-state index contributed by atoms with van der Waals surface area (Å²) in [5.74, 6) is -0.109. The van der Waals surface area contributed by atoms with Crippen molar-refractivity contribution in [3.05, 3.63) is 16.3 Å². The van der Waals surface area contributed by atoms with Crippen LogP contribution in [0.15, 0.2) is 16.3 Å². The zero-order valence-electron chi connectivity index (χ0n) is 14.9. The number of carbonyl (C=O) groups is 2. The summed E-state index contributed by atoms with van der Waals surface area (Å²) >= 11 is 1.14. The van der Waals surface area contributed by atoms with Gasteiger partial charge in [0.05, 0.1) is 9.77 Å². The molecule has 0 bridgehead atoms. The van der Waals surface area contributed by atoms with Crippen molar-refractivity contribution in [2.45, 2.75) is 49.5 Å². The Morgan fingerprint density at radius 1 is 1.31 bits per heavy atom. The fourth-order valence-electron chi connectivity index (χ4n) is 3.66. The fraction of sp³-hybridized carbons (Fsp3) is 0.647. The van der Waals surface area contributed by atoms with Crippen molar-refractivity contribution in [1.29, 1.82) is 0 Å². The number of hydrogen-bond acceptors (Lipinski definition) is 5. The first kappa shape index (κ1) is 19.3. The topological polar surface area (TPSA) is 86.8 Å². The highest BCUT2D eigenvalue weighted by atomic mass is 32.2. The number of hydrogen-bond donors (Lipinski definition) is 1. The van der Waals surface area contributed by atoms with Gasteiger partial charge in [-0.1, -0.05) is 6.42 Å². The predicted octanol–water partition coefficient (Wildman–Crippen LogP) is 1.66. The Morgan fingerprint density at radius 3 is 2.81 bits per heavy atom. The minimum atomic E-state index is -3.63. The molecular formula is C17H25N3O4S2. The van der Waals surface area contributed by atoms with Crippen molar-refractivity contribution in [2.24, 2.45) is 0 Å². The molecule has 2 fully saturated rings. The van der Waals surface area contributed by atoms with E-state index in [-0.39, 0.29) is 22.8 Å². The lowest BCUT2D eigenvalue weighted by Crippen LogP contribution is -2.45. The van der Waals surface area contributed by atoms with Crippen LogP contribution in [0.4, 0.5) is 0 Å². The molecule has 26 heavy (non-hydrogen) atoms. The first-order valence-electron chi connectivity index (χ1n) is 9.03. The minimum absolute atomic E-state index is 0.0921. The summed E-state index contributed by atoms with van der Waals surface area (Å²) in [5, 5.41) is 4.05. The quantitative estimate of drug-likeness (QED) is 0.788. The predicted molar refractivity (Wildman–Crippen MR) is 99.7 cm³/mol. The molecule has 1 unspecified atom stereocenters. The SMILES string of the molecule is CNC(=O)c1cc(S(=O)(=O)N2CCCCC2CCN2CCCC2=O)cs1. The van der Waals surface area contributed by atoms with E-state index in [2.05, 4.69) is 5.32 Å². The number of sulfonamides is 1. The maximum absolute atomic E-state index is 13.1. The van der Waals surface area contributed by atoms with Crippen molar-refractivity contribution >= 4 is 33.2 Å². The maximum Gasteiger partial charge on any atom is 0.261 e. The number of rotatable bonds is 6. The summed E-state index contributed by atoms with van der Waals surface area (Å²) in [4.78, 5) is 25.9. The van der Waals surface area contributed by atoms with E-state index in [9.17, 15) is 18.0 Å². The smallest absolute Gasteiger partial charge is 0.261 e. The summed E-state index contributed by atoms with van der Waals surface area (Å²) in [5.41, 5.74) is 0. The number of carbonyl (C=O) groups excluding carboxylic acids is 2. The van der Waals surface area contributed by atoms with E-state index in [4.69, 9.17) is 0 Å². The molecule has 2 aliphatic rings. The van der Waals surface area contributed by atoms with Gasteiger partial charge in [0.25, 0.3) is 5.91 Å². The van der Waals surface area contributed by atoms with Gasteiger partial charge in [-0.15, -0.1) is 11.3 Å². The van der Waals surface area contributed by atoms with Gasteiger partial charge in [0.2, 0.25) is 15.9 Å². The second-order valence-electron chi connectivity index (χ2n) is 6.76. The van der Waals surface area contributed by atoms with E-state index in [1.54, 1.807) is 4.31 Å². The lowest BCUT2D eigenvalue weighted by atomic mass is 10.0.